The van der Waals surface area contributed by atoms with Gasteiger partial charge in [0.1, 0.15) is 0 Å². The van der Waals surface area contributed by atoms with Gasteiger partial charge in [0.2, 0.25) is 0 Å². The molecule has 0 fully saturated rings. The third-order valence-electron chi connectivity index (χ3n) is 6.33. The van der Waals surface area contributed by atoms with Crippen molar-refractivity contribution in [2.45, 2.75) is 0 Å². The molecule has 0 heterocycles. The van der Waals surface area contributed by atoms with E-state index in [9.17, 15) is 20.2 Å². The molecule has 0 bridgehead atoms. The Morgan fingerprint density at radius 2 is 0.976 bits per heavy atom. The highest BCUT2D eigenvalue weighted by Gasteiger charge is 2.16. The smallest absolute Gasteiger partial charge is 0.423 e. The van der Waals surface area contributed by atoms with Crippen molar-refractivity contribution in [1.82, 2.24) is 0 Å². The van der Waals surface area contributed by atoms with E-state index in [1.165, 1.54) is 12.1 Å². The molecule has 8 nitrogen and oxygen atoms in total. The van der Waals surface area contributed by atoms with Gasteiger partial charge in [-0.05, 0) is 60.6 Å². The van der Waals surface area contributed by atoms with Crippen LogP contribution >= 0.6 is 15.9 Å². The van der Waals surface area contributed by atoms with Crippen LogP contribution in [-0.2, 0) is 0 Å². The first-order valence-corrected chi connectivity index (χ1v) is 13.5. The normalized spacial score (nSPS) is 10.2. The Labute approximate surface area is 250 Å². The molecule has 0 unspecified atom stereocenters. The van der Waals surface area contributed by atoms with Gasteiger partial charge in [0.05, 0.1) is 19.9 Å². The molecular weight excluding hydrogens is 599 g/mol. The Morgan fingerprint density at radius 3 is 1.57 bits per heavy atom. The molecule has 0 amide bonds. The molecule has 2 N–H and O–H groups in total. The van der Waals surface area contributed by atoms with Crippen LogP contribution in [-0.4, -0.2) is 27.0 Å². The van der Waals surface area contributed by atoms with E-state index in [4.69, 9.17) is 10.0 Å². The zero-order chi connectivity index (χ0) is 30.1. The van der Waals surface area contributed by atoms with Crippen LogP contribution in [0.25, 0.3) is 32.7 Å². The van der Waals surface area contributed by atoms with Crippen LogP contribution in [0.15, 0.2) is 138 Å². The molecule has 0 aromatic heterocycles. The van der Waals surface area contributed by atoms with Gasteiger partial charge in [-0.1, -0.05) is 109 Å². The molecule has 42 heavy (non-hydrogen) atoms. The summed E-state index contributed by atoms with van der Waals surface area (Å²) in [6.07, 6.45) is 0. The zero-order valence-electron chi connectivity index (χ0n) is 22.1. The molecule has 0 atom stereocenters. The first-order chi connectivity index (χ1) is 20.3. The van der Waals surface area contributed by atoms with Crippen LogP contribution in [0.5, 0.6) is 0 Å². The summed E-state index contributed by atoms with van der Waals surface area (Å²) in [5.41, 5.74) is 2.34. The summed E-state index contributed by atoms with van der Waals surface area (Å²) in [5, 5.41) is 43.5. The molecule has 208 valence electrons. The maximum absolute atomic E-state index is 11.1. The third-order valence-corrected chi connectivity index (χ3v) is 7.00. The SMILES string of the molecule is O=[N+]([O-])c1ccccc1-c1cccc2ccccc12.O=[N+]([O-])c1ccccc1Br.OB(O)c1cccc2ccccc12. The molecule has 10 heteroatoms. The Kier molecular flexibility index (Phi) is 10.1. The van der Waals surface area contributed by atoms with Crippen molar-refractivity contribution in [2.24, 2.45) is 0 Å². The number of nitro benzene ring substituents is 2. The van der Waals surface area contributed by atoms with Gasteiger partial charge in [-0.3, -0.25) is 20.2 Å². The van der Waals surface area contributed by atoms with E-state index in [1.54, 1.807) is 36.4 Å². The highest BCUT2D eigenvalue weighted by Crippen LogP contribution is 2.34. The lowest BCUT2D eigenvalue weighted by atomic mass is 9.77. The van der Waals surface area contributed by atoms with Crippen LogP contribution in [0.1, 0.15) is 0 Å². The average Bonchev–Trinajstić information content (AvgIpc) is 3.01. The molecule has 6 rings (SSSR count). The molecule has 6 aromatic carbocycles. The monoisotopic (exact) mass is 622 g/mol. The minimum atomic E-state index is -1.40. The van der Waals surface area contributed by atoms with E-state index in [0.29, 0.717) is 15.5 Å². The predicted octanol–water partition coefficient (Wildman–Crippen LogP) is 7.29. The molecule has 0 saturated heterocycles. The Bertz CT molecular complexity index is 1850. The lowest BCUT2D eigenvalue weighted by Crippen LogP contribution is -2.30. The first-order valence-electron chi connectivity index (χ1n) is 12.7. The Morgan fingerprint density at radius 1 is 0.524 bits per heavy atom. The van der Waals surface area contributed by atoms with Gasteiger partial charge in [0.25, 0.3) is 11.4 Å². The lowest BCUT2D eigenvalue weighted by molar-refractivity contribution is -0.385. The van der Waals surface area contributed by atoms with E-state index in [2.05, 4.69) is 15.9 Å². The topological polar surface area (TPSA) is 127 Å². The van der Waals surface area contributed by atoms with E-state index in [1.807, 2.05) is 84.9 Å². The van der Waals surface area contributed by atoms with Crippen LogP contribution in [0, 0.1) is 20.2 Å². The molecule has 0 spiro atoms. The molecule has 0 aliphatic rings. The number of halogens is 1. The highest BCUT2D eigenvalue weighted by molar-refractivity contribution is 9.10. The number of nitrogens with zero attached hydrogens (tertiary/aromatic N) is 2. The number of hydrogen-bond donors (Lipinski definition) is 2. The number of fused-ring (bicyclic) bond motifs is 2. The molecule has 6 aromatic rings. The van der Waals surface area contributed by atoms with Gasteiger partial charge in [-0.2, -0.15) is 0 Å². The number of benzene rings is 6. The van der Waals surface area contributed by atoms with E-state index < -0.39 is 12.0 Å². The maximum atomic E-state index is 11.1. The van der Waals surface area contributed by atoms with Gasteiger partial charge in [0, 0.05) is 12.1 Å². The molecule has 0 aliphatic heterocycles. The fraction of sp³-hybridized carbons (Fsp3) is 0. The number of hydrogen-bond acceptors (Lipinski definition) is 6. The minimum Gasteiger partial charge on any atom is -0.423 e. The quantitative estimate of drug-likeness (QED) is 0.121. The maximum Gasteiger partial charge on any atom is 0.489 e. The highest BCUT2D eigenvalue weighted by atomic mass is 79.9. The predicted molar refractivity (Wildman–Crippen MR) is 171 cm³/mol. The van der Waals surface area contributed by atoms with Gasteiger partial charge in [-0.15, -0.1) is 0 Å². The van der Waals surface area contributed by atoms with Gasteiger partial charge in [-0.25, -0.2) is 0 Å². The van der Waals surface area contributed by atoms with Crippen LogP contribution in [0.2, 0.25) is 0 Å². The number of rotatable bonds is 4. The van der Waals surface area contributed by atoms with E-state index in [-0.39, 0.29) is 16.3 Å². The summed E-state index contributed by atoms with van der Waals surface area (Å²) in [6.45, 7) is 0. The van der Waals surface area contributed by atoms with Crippen molar-refractivity contribution in [3.05, 3.63) is 158 Å². The van der Waals surface area contributed by atoms with Crippen molar-refractivity contribution in [1.29, 1.82) is 0 Å². The second-order valence-corrected chi connectivity index (χ2v) is 9.81. The summed E-state index contributed by atoms with van der Waals surface area (Å²) >= 11 is 3.06. The third kappa shape index (κ3) is 7.24. The molecule has 0 aliphatic carbocycles. The van der Waals surface area contributed by atoms with Crippen molar-refractivity contribution in [2.75, 3.05) is 0 Å². The molecular formula is C32H24BBrN2O6. The van der Waals surface area contributed by atoms with Crippen LogP contribution in [0.4, 0.5) is 11.4 Å². The average molecular weight is 623 g/mol. The van der Waals surface area contributed by atoms with Gasteiger partial charge < -0.3 is 10.0 Å². The van der Waals surface area contributed by atoms with E-state index in [0.717, 1.165) is 27.1 Å². The fourth-order valence-electron chi connectivity index (χ4n) is 4.40. The standard InChI is InChI=1S/C16H11NO2.C10H9BO2.C6H4BrNO2/c18-17(19)16-11-4-3-9-15(16)14-10-5-7-12-6-1-2-8-13(12)14;12-11(13)10-7-3-5-8-4-1-2-6-9(8)10;7-5-3-1-2-4-6(5)8(9)10/h1-11H;1-7,12-13H;1-4H. The number of nitro groups is 2. The van der Waals surface area contributed by atoms with Gasteiger partial charge >= 0.3 is 7.12 Å². The van der Waals surface area contributed by atoms with E-state index >= 15 is 0 Å². The molecule has 0 radical (unpaired) electrons. The van der Waals surface area contributed by atoms with Crippen molar-refractivity contribution >= 4 is 61.4 Å². The van der Waals surface area contributed by atoms with Crippen molar-refractivity contribution < 1.29 is 19.9 Å². The van der Waals surface area contributed by atoms with Crippen molar-refractivity contribution in [3.8, 4) is 11.1 Å². The minimum absolute atomic E-state index is 0.0995. The summed E-state index contributed by atoms with van der Waals surface area (Å²) in [5.74, 6) is 0. The van der Waals surface area contributed by atoms with Crippen molar-refractivity contribution in [3.63, 3.8) is 0 Å². The fourth-order valence-corrected chi connectivity index (χ4v) is 4.83. The zero-order valence-corrected chi connectivity index (χ0v) is 23.7. The lowest BCUT2D eigenvalue weighted by Gasteiger charge is -2.07. The molecule has 0 saturated carbocycles. The summed E-state index contributed by atoms with van der Waals surface area (Å²) in [6, 6.07) is 40.2. The van der Waals surface area contributed by atoms with Crippen LogP contribution in [0.3, 0.4) is 0 Å². The van der Waals surface area contributed by atoms with Crippen LogP contribution < -0.4 is 5.46 Å². The Hall–Kier alpha value is -4.90. The second kappa shape index (κ2) is 14.1. The number of para-hydroxylation sites is 2. The summed E-state index contributed by atoms with van der Waals surface area (Å²) in [4.78, 5) is 20.6. The first kappa shape index (κ1) is 30.1. The second-order valence-electron chi connectivity index (χ2n) is 8.95. The summed E-state index contributed by atoms with van der Waals surface area (Å²) in [7, 11) is -1.40. The van der Waals surface area contributed by atoms with Gasteiger partial charge in [0.15, 0.2) is 0 Å². The largest absolute Gasteiger partial charge is 0.489 e. The summed E-state index contributed by atoms with van der Waals surface area (Å²) < 4.78 is 0.514. The Balaban J connectivity index is 0.000000154.